The molecule has 4 heteroatoms. The minimum atomic E-state index is -0.0596. The van der Waals surface area contributed by atoms with Crippen LogP contribution in [0.1, 0.15) is 32.6 Å². The fraction of sp³-hybridized carbons (Fsp3) is 0.533. The highest BCUT2D eigenvalue weighted by Gasteiger charge is 2.60. The van der Waals surface area contributed by atoms with Crippen molar-refractivity contribution >= 4 is 23.3 Å². The molecule has 0 spiro atoms. The summed E-state index contributed by atoms with van der Waals surface area (Å²) in [6.45, 7) is 8.43. The van der Waals surface area contributed by atoms with Gasteiger partial charge in [-0.15, -0.1) is 11.3 Å². The van der Waals surface area contributed by atoms with Gasteiger partial charge in [-0.1, -0.05) is 33.8 Å². The molecule has 3 nitrogen and oxygen atoms in total. The van der Waals surface area contributed by atoms with Gasteiger partial charge in [0, 0.05) is 33.9 Å². The van der Waals surface area contributed by atoms with Crippen LogP contribution in [-0.2, 0) is 4.79 Å². The van der Waals surface area contributed by atoms with Crippen LogP contribution in [0, 0.1) is 10.8 Å². The highest BCUT2D eigenvalue weighted by molar-refractivity contribution is 7.10. The largest absolute Gasteiger partial charge is 0.349 e. The Morgan fingerprint density at radius 2 is 2.00 bits per heavy atom. The Balaban J connectivity index is 2.00. The van der Waals surface area contributed by atoms with Crippen LogP contribution in [0.25, 0.3) is 6.08 Å². The van der Waals surface area contributed by atoms with Crippen molar-refractivity contribution in [1.82, 2.24) is 5.32 Å². The highest BCUT2D eigenvalue weighted by Crippen LogP contribution is 2.52. The summed E-state index contributed by atoms with van der Waals surface area (Å²) in [6, 6.07) is 4.17. The first-order valence-electron chi connectivity index (χ1n) is 6.54. The van der Waals surface area contributed by atoms with E-state index in [1.807, 2.05) is 23.6 Å². The number of hydrogen-bond acceptors (Lipinski definition) is 3. The van der Waals surface area contributed by atoms with Gasteiger partial charge in [-0.2, -0.15) is 0 Å². The van der Waals surface area contributed by atoms with Crippen LogP contribution in [0.3, 0.4) is 0 Å². The van der Waals surface area contributed by atoms with Crippen LogP contribution in [0.4, 0.5) is 0 Å². The van der Waals surface area contributed by atoms with E-state index in [4.69, 9.17) is 5.73 Å². The molecule has 0 aliphatic heterocycles. The molecular formula is C15H22N2OS. The minimum Gasteiger partial charge on any atom is -0.349 e. The monoisotopic (exact) mass is 278 g/mol. The van der Waals surface area contributed by atoms with Crippen molar-refractivity contribution in [2.24, 2.45) is 16.6 Å². The highest BCUT2D eigenvalue weighted by atomic mass is 32.1. The second kappa shape index (κ2) is 4.76. The molecule has 0 atom stereocenters. The third-order valence-electron chi connectivity index (χ3n) is 4.32. The molecule has 1 fully saturated rings. The average molecular weight is 278 g/mol. The molecule has 3 N–H and O–H groups in total. The predicted octanol–water partition coefficient (Wildman–Crippen LogP) is 2.64. The van der Waals surface area contributed by atoms with Crippen molar-refractivity contribution in [3.8, 4) is 0 Å². The molecule has 1 amide bonds. The smallest absolute Gasteiger partial charge is 0.244 e. The number of nitrogens with two attached hydrogens (primary N) is 1. The second-order valence-corrected chi connectivity index (χ2v) is 7.39. The van der Waals surface area contributed by atoms with Crippen LogP contribution in [0.2, 0.25) is 0 Å². The van der Waals surface area contributed by atoms with E-state index < -0.39 is 0 Å². The Kier molecular flexibility index (Phi) is 3.58. The lowest BCUT2D eigenvalue weighted by molar-refractivity contribution is -0.127. The van der Waals surface area contributed by atoms with E-state index in [0.29, 0.717) is 0 Å². The number of rotatable bonds is 3. The summed E-state index contributed by atoms with van der Waals surface area (Å²) < 4.78 is 0. The number of carbonyl (C=O) groups excluding carboxylic acids is 1. The minimum absolute atomic E-state index is 0.0496. The summed E-state index contributed by atoms with van der Waals surface area (Å²) in [5.41, 5.74) is 6.06. The molecule has 2 rings (SSSR count). The zero-order valence-electron chi connectivity index (χ0n) is 11.9. The normalized spacial score (nSPS) is 28.1. The maximum atomic E-state index is 12.0. The maximum Gasteiger partial charge on any atom is 0.244 e. The van der Waals surface area contributed by atoms with Gasteiger partial charge in [0.2, 0.25) is 5.91 Å². The standard InChI is InChI=1S/C15H22N2OS/c1-14(2)12(16)15(3,4)13(14)17-11(18)8-7-10-6-5-9-19-10/h5-9,12-13H,16H2,1-4H3,(H,17,18). The van der Waals surface area contributed by atoms with Crippen LogP contribution in [0.5, 0.6) is 0 Å². The summed E-state index contributed by atoms with van der Waals surface area (Å²) in [4.78, 5) is 13.1. The average Bonchev–Trinajstić information content (AvgIpc) is 2.85. The lowest BCUT2D eigenvalue weighted by Crippen LogP contribution is -2.75. The second-order valence-electron chi connectivity index (χ2n) is 6.41. The van der Waals surface area contributed by atoms with Gasteiger partial charge in [0.15, 0.2) is 0 Å². The summed E-state index contributed by atoms with van der Waals surface area (Å²) in [7, 11) is 0. The van der Waals surface area contributed by atoms with E-state index >= 15 is 0 Å². The lowest BCUT2D eigenvalue weighted by Gasteiger charge is -2.62. The molecule has 1 heterocycles. The van der Waals surface area contributed by atoms with Gasteiger partial charge in [0.05, 0.1) is 0 Å². The van der Waals surface area contributed by atoms with Crippen molar-refractivity contribution in [2.75, 3.05) is 0 Å². The molecule has 1 aromatic rings. The van der Waals surface area contributed by atoms with E-state index in [2.05, 4.69) is 33.0 Å². The molecule has 0 radical (unpaired) electrons. The molecule has 0 aromatic carbocycles. The van der Waals surface area contributed by atoms with Crippen LogP contribution in [-0.4, -0.2) is 18.0 Å². The van der Waals surface area contributed by atoms with Gasteiger partial charge in [-0.3, -0.25) is 4.79 Å². The summed E-state index contributed by atoms with van der Waals surface area (Å²) >= 11 is 1.62. The topological polar surface area (TPSA) is 55.1 Å². The molecule has 1 aliphatic carbocycles. The Hall–Kier alpha value is -1.13. The molecule has 0 unspecified atom stereocenters. The summed E-state index contributed by atoms with van der Waals surface area (Å²) in [5.74, 6) is -0.0496. The molecule has 19 heavy (non-hydrogen) atoms. The molecule has 1 saturated carbocycles. The van der Waals surface area contributed by atoms with Gasteiger partial charge < -0.3 is 11.1 Å². The molecule has 1 aromatic heterocycles. The lowest BCUT2D eigenvalue weighted by atomic mass is 9.48. The van der Waals surface area contributed by atoms with Gasteiger partial charge in [0.25, 0.3) is 0 Å². The number of nitrogens with one attached hydrogen (secondary N) is 1. The first-order chi connectivity index (χ1) is 8.76. The number of hydrogen-bond donors (Lipinski definition) is 2. The van der Waals surface area contributed by atoms with E-state index in [0.717, 1.165) is 4.88 Å². The van der Waals surface area contributed by atoms with Crippen molar-refractivity contribution in [3.63, 3.8) is 0 Å². The zero-order valence-corrected chi connectivity index (χ0v) is 12.8. The van der Waals surface area contributed by atoms with Crippen LogP contribution in [0.15, 0.2) is 23.6 Å². The molecule has 0 bridgehead atoms. The van der Waals surface area contributed by atoms with Crippen LogP contribution >= 0.6 is 11.3 Å². The molecular weight excluding hydrogens is 256 g/mol. The third-order valence-corrected chi connectivity index (χ3v) is 5.16. The van der Waals surface area contributed by atoms with Crippen LogP contribution < -0.4 is 11.1 Å². The van der Waals surface area contributed by atoms with E-state index in [9.17, 15) is 4.79 Å². The maximum absolute atomic E-state index is 12.0. The Labute approximate surface area is 118 Å². The fourth-order valence-electron chi connectivity index (χ4n) is 3.29. The fourth-order valence-corrected chi connectivity index (χ4v) is 3.90. The van der Waals surface area contributed by atoms with Crippen molar-refractivity contribution in [3.05, 3.63) is 28.5 Å². The van der Waals surface area contributed by atoms with Gasteiger partial charge in [-0.05, 0) is 17.5 Å². The van der Waals surface area contributed by atoms with Gasteiger partial charge >= 0.3 is 0 Å². The zero-order chi connectivity index (χ0) is 14.3. The molecule has 1 aliphatic rings. The van der Waals surface area contributed by atoms with Gasteiger partial charge in [-0.25, -0.2) is 0 Å². The van der Waals surface area contributed by atoms with E-state index in [1.165, 1.54) is 0 Å². The van der Waals surface area contributed by atoms with Crippen molar-refractivity contribution < 1.29 is 4.79 Å². The molecule has 104 valence electrons. The Morgan fingerprint density at radius 1 is 1.37 bits per heavy atom. The predicted molar refractivity (Wildman–Crippen MR) is 80.8 cm³/mol. The van der Waals surface area contributed by atoms with Crippen molar-refractivity contribution in [1.29, 1.82) is 0 Å². The quantitative estimate of drug-likeness (QED) is 0.835. The summed E-state index contributed by atoms with van der Waals surface area (Å²) in [6.07, 6.45) is 3.44. The number of amides is 1. The number of thiophene rings is 1. The van der Waals surface area contributed by atoms with Crippen molar-refractivity contribution in [2.45, 2.75) is 39.8 Å². The first-order valence-corrected chi connectivity index (χ1v) is 7.42. The SMILES string of the molecule is CC1(C)C(N)C(C)(C)C1NC(=O)C=Cc1cccs1. The summed E-state index contributed by atoms with van der Waals surface area (Å²) in [5, 5.41) is 5.08. The Morgan fingerprint density at radius 3 is 2.53 bits per heavy atom. The van der Waals surface area contributed by atoms with E-state index in [1.54, 1.807) is 17.4 Å². The third kappa shape index (κ3) is 2.47. The number of carbonyl (C=O) groups is 1. The Bertz CT molecular complexity index is 472. The first kappa shape index (κ1) is 14.3. The molecule has 0 saturated heterocycles. The van der Waals surface area contributed by atoms with E-state index in [-0.39, 0.29) is 28.8 Å². The van der Waals surface area contributed by atoms with Gasteiger partial charge in [0.1, 0.15) is 0 Å².